The Morgan fingerprint density at radius 1 is 0.781 bits per heavy atom. The minimum Gasteiger partial charge on any atom is -0.380 e. The minimum absolute atomic E-state index is 0.352. The van der Waals surface area contributed by atoms with Crippen LogP contribution < -0.4 is 5.32 Å². The van der Waals surface area contributed by atoms with Gasteiger partial charge in [0.25, 0.3) is 11.8 Å². The molecule has 6 nitrogen and oxygen atoms in total. The van der Waals surface area contributed by atoms with E-state index in [1.807, 2.05) is 78.9 Å². The van der Waals surface area contributed by atoms with Crippen molar-refractivity contribution < 1.29 is 19.8 Å². The number of rotatable bonds is 6. The minimum atomic E-state index is -1.85. The Morgan fingerprint density at radius 2 is 1.31 bits per heavy atom. The van der Waals surface area contributed by atoms with E-state index in [0.29, 0.717) is 13.1 Å². The summed E-state index contributed by atoms with van der Waals surface area (Å²) in [7, 11) is 0. The summed E-state index contributed by atoms with van der Waals surface area (Å²) in [5.74, 6) is -1.45. The third-order valence-corrected chi connectivity index (χ3v) is 5.85. The standard InChI is InChI=1S/C26H26N2O4/c1-17(18-11-13-20(14-12-18)19-7-3-2-4-8-19)27-25(31)23(29)24(30)26(32)28-15-21-9-5-6-10-22(21)16-28/h2-14,17,23-24,29-30H,15-16H2,1H3,(H,27,31)/t17-,23-,24-/m1/s1. The molecule has 1 heterocycles. The van der Waals surface area contributed by atoms with Crippen molar-refractivity contribution in [3.05, 3.63) is 95.6 Å². The van der Waals surface area contributed by atoms with Gasteiger partial charge in [0.1, 0.15) is 0 Å². The predicted molar refractivity (Wildman–Crippen MR) is 121 cm³/mol. The number of benzene rings is 3. The van der Waals surface area contributed by atoms with Crippen molar-refractivity contribution in [3.8, 4) is 11.1 Å². The van der Waals surface area contributed by atoms with Crippen LogP contribution in [0.5, 0.6) is 0 Å². The molecule has 6 heteroatoms. The first-order chi connectivity index (χ1) is 15.4. The van der Waals surface area contributed by atoms with Crippen LogP contribution in [0.15, 0.2) is 78.9 Å². The number of fused-ring (bicyclic) bond motifs is 1. The second-order valence-corrected chi connectivity index (χ2v) is 8.07. The molecular weight excluding hydrogens is 404 g/mol. The van der Waals surface area contributed by atoms with Gasteiger partial charge in [-0.15, -0.1) is 0 Å². The molecule has 0 radical (unpaired) electrons. The monoisotopic (exact) mass is 430 g/mol. The average molecular weight is 431 g/mol. The van der Waals surface area contributed by atoms with Crippen molar-refractivity contribution in [1.29, 1.82) is 0 Å². The summed E-state index contributed by atoms with van der Waals surface area (Å²) in [6.07, 6.45) is -3.67. The fraction of sp³-hybridized carbons (Fsp3) is 0.231. The first-order valence-electron chi connectivity index (χ1n) is 10.6. The van der Waals surface area contributed by atoms with Crippen molar-refractivity contribution >= 4 is 11.8 Å². The highest BCUT2D eigenvalue weighted by Crippen LogP contribution is 2.24. The van der Waals surface area contributed by atoms with Gasteiger partial charge in [-0.3, -0.25) is 9.59 Å². The molecule has 0 spiro atoms. The van der Waals surface area contributed by atoms with Crippen LogP contribution in [0.2, 0.25) is 0 Å². The Balaban J connectivity index is 1.35. The molecule has 2 amide bonds. The van der Waals surface area contributed by atoms with Gasteiger partial charge in [0.2, 0.25) is 0 Å². The molecule has 3 N–H and O–H groups in total. The van der Waals surface area contributed by atoms with Crippen LogP contribution in [0.3, 0.4) is 0 Å². The summed E-state index contributed by atoms with van der Waals surface area (Å²) in [6.45, 7) is 2.49. The van der Waals surface area contributed by atoms with Gasteiger partial charge in [-0.2, -0.15) is 0 Å². The predicted octanol–water partition coefficient (Wildman–Crippen LogP) is 2.80. The lowest BCUT2D eigenvalue weighted by atomic mass is 10.0. The van der Waals surface area contributed by atoms with Crippen molar-refractivity contribution in [2.24, 2.45) is 0 Å². The molecule has 4 rings (SSSR count). The van der Waals surface area contributed by atoms with Gasteiger partial charge in [0.15, 0.2) is 12.2 Å². The van der Waals surface area contributed by atoms with E-state index in [0.717, 1.165) is 27.8 Å². The van der Waals surface area contributed by atoms with E-state index in [2.05, 4.69) is 5.32 Å². The maximum absolute atomic E-state index is 12.6. The molecule has 3 atom stereocenters. The van der Waals surface area contributed by atoms with Crippen molar-refractivity contribution in [1.82, 2.24) is 10.2 Å². The molecule has 0 fully saturated rings. The van der Waals surface area contributed by atoms with E-state index < -0.39 is 30.1 Å². The lowest BCUT2D eigenvalue weighted by Gasteiger charge is -2.24. The van der Waals surface area contributed by atoms with Gasteiger partial charge in [-0.05, 0) is 34.7 Å². The average Bonchev–Trinajstić information content (AvgIpc) is 3.27. The number of nitrogens with zero attached hydrogens (tertiary/aromatic N) is 1. The largest absolute Gasteiger partial charge is 0.380 e. The lowest BCUT2D eigenvalue weighted by Crippen LogP contribution is -2.50. The number of aliphatic hydroxyl groups excluding tert-OH is 2. The number of amides is 2. The van der Waals surface area contributed by atoms with E-state index in [4.69, 9.17) is 0 Å². The highest BCUT2D eigenvalue weighted by atomic mass is 16.3. The Bertz CT molecular complexity index is 1070. The van der Waals surface area contributed by atoms with E-state index in [1.165, 1.54) is 4.90 Å². The summed E-state index contributed by atoms with van der Waals surface area (Å²) in [5.41, 5.74) is 5.00. The summed E-state index contributed by atoms with van der Waals surface area (Å²) in [5, 5.41) is 23.3. The second-order valence-electron chi connectivity index (χ2n) is 8.07. The fourth-order valence-corrected chi connectivity index (χ4v) is 3.93. The molecule has 0 bridgehead atoms. The quantitative estimate of drug-likeness (QED) is 0.561. The van der Waals surface area contributed by atoms with Gasteiger partial charge < -0.3 is 20.4 Å². The van der Waals surface area contributed by atoms with Gasteiger partial charge >= 0.3 is 0 Å². The molecule has 32 heavy (non-hydrogen) atoms. The van der Waals surface area contributed by atoms with Crippen molar-refractivity contribution in [2.45, 2.75) is 38.3 Å². The van der Waals surface area contributed by atoms with E-state index in [1.54, 1.807) is 6.92 Å². The summed E-state index contributed by atoms with van der Waals surface area (Å²) >= 11 is 0. The molecule has 3 aromatic carbocycles. The van der Waals surface area contributed by atoms with Crippen LogP contribution >= 0.6 is 0 Å². The molecule has 1 aliphatic heterocycles. The number of hydrogen-bond donors (Lipinski definition) is 3. The molecular formula is C26H26N2O4. The molecule has 0 saturated carbocycles. The molecule has 0 saturated heterocycles. The zero-order valence-electron chi connectivity index (χ0n) is 17.8. The number of carbonyl (C=O) groups is 2. The molecule has 0 aromatic heterocycles. The summed E-state index contributed by atoms with van der Waals surface area (Å²) < 4.78 is 0. The number of nitrogens with one attached hydrogen (secondary N) is 1. The van der Waals surface area contributed by atoms with Gasteiger partial charge in [0, 0.05) is 13.1 Å². The van der Waals surface area contributed by atoms with Gasteiger partial charge in [0.05, 0.1) is 6.04 Å². The molecule has 3 aromatic rings. The van der Waals surface area contributed by atoms with Gasteiger partial charge in [-0.1, -0.05) is 78.9 Å². The zero-order chi connectivity index (χ0) is 22.7. The lowest BCUT2D eigenvalue weighted by molar-refractivity contribution is -0.153. The highest BCUT2D eigenvalue weighted by Gasteiger charge is 2.35. The SMILES string of the molecule is C[C@@H](NC(=O)[C@H](O)[C@@H](O)C(=O)N1Cc2ccccc2C1)c1ccc(-c2ccccc2)cc1. The van der Waals surface area contributed by atoms with E-state index >= 15 is 0 Å². The van der Waals surface area contributed by atoms with E-state index in [9.17, 15) is 19.8 Å². The third-order valence-electron chi connectivity index (χ3n) is 5.85. The fourth-order valence-electron chi connectivity index (χ4n) is 3.93. The summed E-state index contributed by atoms with van der Waals surface area (Å²) in [4.78, 5) is 26.6. The van der Waals surface area contributed by atoms with Crippen molar-refractivity contribution in [3.63, 3.8) is 0 Å². The maximum atomic E-state index is 12.6. The number of hydrogen-bond acceptors (Lipinski definition) is 4. The zero-order valence-corrected chi connectivity index (χ0v) is 17.8. The third kappa shape index (κ3) is 4.56. The van der Waals surface area contributed by atoms with Gasteiger partial charge in [-0.25, -0.2) is 0 Å². The highest BCUT2D eigenvalue weighted by molar-refractivity contribution is 5.91. The number of aliphatic hydroxyl groups is 2. The van der Waals surface area contributed by atoms with Crippen LogP contribution in [0, 0.1) is 0 Å². The first kappa shape index (κ1) is 21.7. The molecule has 1 aliphatic rings. The second kappa shape index (κ2) is 9.34. The van der Waals surface area contributed by atoms with Crippen LogP contribution in [-0.2, 0) is 22.7 Å². The Kier molecular flexibility index (Phi) is 6.35. The molecule has 164 valence electrons. The Morgan fingerprint density at radius 3 is 1.91 bits per heavy atom. The van der Waals surface area contributed by atoms with Crippen LogP contribution in [-0.4, -0.2) is 39.1 Å². The topological polar surface area (TPSA) is 89.9 Å². The maximum Gasteiger partial charge on any atom is 0.255 e. The first-order valence-corrected chi connectivity index (χ1v) is 10.6. The summed E-state index contributed by atoms with van der Waals surface area (Å²) in [6, 6.07) is 24.9. The molecule has 0 unspecified atom stereocenters. The van der Waals surface area contributed by atoms with Crippen LogP contribution in [0.25, 0.3) is 11.1 Å². The van der Waals surface area contributed by atoms with E-state index in [-0.39, 0.29) is 0 Å². The van der Waals surface area contributed by atoms with Crippen LogP contribution in [0.4, 0.5) is 0 Å². The Labute approximate surface area is 187 Å². The number of carbonyl (C=O) groups excluding carboxylic acids is 2. The molecule has 0 aliphatic carbocycles. The Hall–Kier alpha value is -3.48. The van der Waals surface area contributed by atoms with Crippen molar-refractivity contribution in [2.75, 3.05) is 0 Å². The normalized spacial score (nSPS) is 15.5. The van der Waals surface area contributed by atoms with Crippen LogP contribution in [0.1, 0.15) is 29.7 Å². The smallest absolute Gasteiger partial charge is 0.255 e.